The molecule has 12 heteroatoms. The van der Waals surface area contributed by atoms with Gasteiger partial charge in [0.15, 0.2) is 5.60 Å². The number of aliphatic hydroxyl groups excluding tert-OH is 1. The van der Waals surface area contributed by atoms with E-state index in [9.17, 15) is 19.0 Å². The van der Waals surface area contributed by atoms with Gasteiger partial charge >= 0.3 is 0 Å². The number of fused-ring (bicyclic) bond motifs is 1. The van der Waals surface area contributed by atoms with Gasteiger partial charge in [-0.15, -0.1) is 5.10 Å². The summed E-state index contributed by atoms with van der Waals surface area (Å²) in [6.45, 7) is 2.43. The highest BCUT2D eigenvalue weighted by atomic mass is 35.5. The van der Waals surface area contributed by atoms with Gasteiger partial charge in [-0.2, -0.15) is 0 Å². The molecule has 4 aromatic rings. The lowest BCUT2D eigenvalue weighted by Crippen LogP contribution is -2.57. The number of aliphatic hydroxyl groups is 2. The molecule has 9 nitrogen and oxygen atoms in total. The van der Waals surface area contributed by atoms with Gasteiger partial charge in [0, 0.05) is 29.4 Å². The number of aryl methyl sites for hydroxylation is 3. The SMILES string of the molecule is COc1nc2ccc(C(O)(c3ccc(C)nc3C)c3cnnn3C)cc2c(Cl)c1C(O)N1CC(F)(F)C1. The maximum Gasteiger partial charge on any atom is 0.273 e. The lowest BCUT2D eigenvalue weighted by Gasteiger charge is -2.41. The Morgan fingerprint density at radius 2 is 1.89 bits per heavy atom. The minimum absolute atomic E-state index is 0.0256. The highest BCUT2D eigenvalue weighted by Gasteiger charge is 2.48. The molecule has 37 heavy (non-hydrogen) atoms. The van der Waals surface area contributed by atoms with Gasteiger partial charge < -0.3 is 14.9 Å². The Balaban J connectivity index is 1.72. The zero-order valence-corrected chi connectivity index (χ0v) is 21.3. The number of likely N-dealkylation sites (tertiary alicyclic amines) is 1. The van der Waals surface area contributed by atoms with E-state index < -0.39 is 30.8 Å². The molecule has 0 spiro atoms. The summed E-state index contributed by atoms with van der Waals surface area (Å²) in [4.78, 5) is 10.2. The molecule has 0 saturated carbocycles. The van der Waals surface area contributed by atoms with Gasteiger partial charge in [0.05, 0.1) is 48.2 Å². The standard InChI is InChI=1S/C25H25ClF2N6O3/c1-13-5-7-17(14(2)30-13)25(36,19-10-29-32-33(19)3)15-6-8-18-16(9-15)21(26)20(22(31-18)37-4)23(35)34-11-24(27,28)12-34/h5-10,23,35-36H,11-12H2,1-4H3. The van der Waals surface area contributed by atoms with E-state index in [-0.39, 0.29) is 16.5 Å². The molecule has 0 amide bonds. The number of nitrogens with zero attached hydrogens (tertiary/aromatic N) is 6. The highest BCUT2D eigenvalue weighted by Crippen LogP contribution is 2.44. The Bertz CT molecular complexity index is 1510. The molecular weight excluding hydrogens is 506 g/mol. The number of benzene rings is 1. The summed E-state index contributed by atoms with van der Waals surface area (Å²) in [7, 11) is 3.03. The number of ether oxygens (including phenoxy) is 1. The Labute approximate surface area is 216 Å². The minimum Gasteiger partial charge on any atom is -0.481 e. The Hall–Kier alpha value is -3.25. The molecule has 1 aliphatic rings. The molecule has 5 rings (SSSR count). The monoisotopic (exact) mass is 530 g/mol. The molecule has 0 aliphatic carbocycles. The molecule has 1 aliphatic heterocycles. The van der Waals surface area contributed by atoms with Crippen LogP contribution in [0.2, 0.25) is 5.02 Å². The minimum atomic E-state index is -2.88. The zero-order valence-electron chi connectivity index (χ0n) is 20.6. The maximum absolute atomic E-state index is 13.5. The van der Waals surface area contributed by atoms with Crippen molar-refractivity contribution in [3.63, 3.8) is 0 Å². The number of aromatic nitrogens is 5. The van der Waals surface area contributed by atoms with Crippen LogP contribution < -0.4 is 4.74 Å². The molecule has 4 heterocycles. The normalized spacial score (nSPS) is 17.9. The van der Waals surface area contributed by atoms with Gasteiger partial charge in [0.25, 0.3) is 5.92 Å². The number of halogens is 3. The van der Waals surface area contributed by atoms with Crippen LogP contribution in [0.5, 0.6) is 5.88 Å². The third-order valence-corrected chi connectivity index (χ3v) is 7.11. The van der Waals surface area contributed by atoms with E-state index >= 15 is 0 Å². The van der Waals surface area contributed by atoms with Crippen molar-refractivity contribution in [1.29, 1.82) is 0 Å². The molecule has 2 N–H and O–H groups in total. The van der Waals surface area contributed by atoms with Gasteiger partial charge in [0.2, 0.25) is 5.88 Å². The number of pyridine rings is 2. The van der Waals surface area contributed by atoms with E-state index in [0.717, 1.165) is 5.69 Å². The van der Waals surface area contributed by atoms with Crippen LogP contribution in [0, 0.1) is 13.8 Å². The summed E-state index contributed by atoms with van der Waals surface area (Å²) in [5, 5.41) is 31.6. The Kier molecular flexibility index (Phi) is 6.14. The second kappa shape index (κ2) is 8.95. The van der Waals surface area contributed by atoms with Crippen LogP contribution in [-0.2, 0) is 12.6 Å². The second-order valence-electron chi connectivity index (χ2n) is 9.25. The molecule has 2 atom stereocenters. The van der Waals surface area contributed by atoms with E-state index in [1.807, 2.05) is 6.92 Å². The number of hydrogen-bond acceptors (Lipinski definition) is 8. The van der Waals surface area contributed by atoms with Crippen LogP contribution in [0.3, 0.4) is 0 Å². The fraction of sp³-hybridized carbons (Fsp3) is 0.360. The van der Waals surface area contributed by atoms with Crippen LogP contribution in [0.25, 0.3) is 10.9 Å². The first-order valence-electron chi connectivity index (χ1n) is 11.5. The van der Waals surface area contributed by atoms with Crippen LogP contribution in [-0.4, -0.2) is 66.2 Å². The number of hydrogen-bond donors (Lipinski definition) is 2. The van der Waals surface area contributed by atoms with Crippen LogP contribution in [0.4, 0.5) is 8.78 Å². The molecule has 2 unspecified atom stereocenters. The molecule has 0 bridgehead atoms. The van der Waals surface area contributed by atoms with E-state index in [2.05, 4.69) is 20.3 Å². The fourth-order valence-corrected chi connectivity index (χ4v) is 5.18. The molecule has 0 radical (unpaired) electrons. The van der Waals surface area contributed by atoms with Crippen LogP contribution >= 0.6 is 11.6 Å². The van der Waals surface area contributed by atoms with E-state index in [0.29, 0.717) is 33.4 Å². The maximum atomic E-state index is 13.5. The summed E-state index contributed by atoms with van der Waals surface area (Å²) in [6, 6.07) is 8.61. The average molecular weight is 531 g/mol. The highest BCUT2D eigenvalue weighted by molar-refractivity contribution is 6.36. The van der Waals surface area contributed by atoms with Crippen molar-refractivity contribution >= 4 is 22.5 Å². The number of methoxy groups -OCH3 is 1. The lowest BCUT2D eigenvalue weighted by atomic mass is 9.82. The van der Waals surface area contributed by atoms with E-state index in [1.165, 1.54) is 22.9 Å². The first-order valence-corrected chi connectivity index (χ1v) is 11.8. The van der Waals surface area contributed by atoms with Crippen LogP contribution in [0.15, 0.2) is 36.5 Å². The number of alkyl halides is 2. The topological polar surface area (TPSA) is 109 Å². The summed E-state index contributed by atoms with van der Waals surface area (Å²) in [5.74, 6) is -2.86. The Morgan fingerprint density at radius 3 is 2.49 bits per heavy atom. The van der Waals surface area contributed by atoms with Crippen molar-refractivity contribution in [2.75, 3.05) is 20.2 Å². The first-order chi connectivity index (χ1) is 17.5. The van der Waals surface area contributed by atoms with Crippen molar-refractivity contribution < 1.29 is 23.7 Å². The van der Waals surface area contributed by atoms with E-state index in [4.69, 9.17) is 16.3 Å². The zero-order chi connectivity index (χ0) is 26.7. The van der Waals surface area contributed by atoms with Crippen molar-refractivity contribution in [2.24, 2.45) is 7.05 Å². The van der Waals surface area contributed by atoms with Gasteiger partial charge in [-0.25, -0.2) is 18.4 Å². The largest absolute Gasteiger partial charge is 0.481 e. The van der Waals surface area contributed by atoms with Gasteiger partial charge in [-0.1, -0.05) is 28.9 Å². The quantitative estimate of drug-likeness (QED) is 0.391. The average Bonchev–Trinajstić information content (AvgIpc) is 3.27. The Morgan fingerprint density at radius 1 is 1.16 bits per heavy atom. The molecule has 1 fully saturated rings. The molecule has 194 valence electrons. The van der Waals surface area contributed by atoms with Gasteiger partial charge in [0.1, 0.15) is 6.23 Å². The summed E-state index contributed by atoms with van der Waals surface area (Å²) in [5.41, 5.74) is 1.51. The molecule has 1 aromatic carbocycles. The van der Waals surface area contributed by atoms with Crippen molar-refractivity contribution in [2.45, 2.75) is 31.6 Å². The molecular formula is C25H25ClF2N6O3. The summed E-state index contributed by atoms with van der Waals surface area (Å²) in [6.07, 6.45) is 0.0164. The number of rotatable bonds is 6. The predicted octanol–water partition coefficient (Wildman–Crippen LogP) is 3.26. The molecule has 3 aromatic heterocycles. The van der Waals surface area contributed by atoms with E-state index in [1.54, 1.807) is 44.3 Å². The molecule has 1 saturated heterocycles. The fourth-order valence-electron chi connectivity index (χ4n) is 4.85. The van der Waals surface area contributed by atoms with Gasteiger partial charge in [-0.3, -0.25) is 9.88 Å². The van der Waals surface area contributed by atoms with Crippen molar-refractivity contribution in [3.8, 4) is 5.88 Å². The van der Waals surface area contributed by atoms with Crippen LogP contribution in [0.1, 0.15) is 40.0 Å². The first kappa shape index (κ1) is 25.4. The third-order valence-electron chi connectivity index (χ3n) is 6.71. The van der Waals surface area contributed by atoms with Crippen molar-refractivity contribution in [3.05, 3.63) is 75.3 Å². The predicted molar refractivity (Wildman–Crippen MR) is 132 cm³/mol. The summed E-state index contributed by atoms with van der Waals surface area (Å²) < 4.78 is 33.8. The smallest absolute Gasteiger partial charge is 0.273 e. The second-order valence-corrected chi connectivity index (χ2v) is 9.63. The van der Waals surface area contributed by atoms with Crippen molar-refractivity contribution in [1.82, 2.24) is 29.9 Å². The summed E-state index contributed by atoms with van der Waals surface area (Å²) >= 11 is 6.77. The lowest BCUT2D eigenvalue weighted by molar-refractivity contribution is -0.186. The van der Waals surface area contributed by atoms with Gasteiger partial charge in [-0.05, 0) is 37.6 Å². The third kappa shape index (κ3) is 4.11.